The van der Waals surface area contributed by atoms with Crippen LogP contribution >= 0.6 is 11.3 Å². The Morgan fingerprint density at radius 1 is 1.35 bits per heavy atom. The molecule has 0 bridgehead atoms. The van der Waals surface area contributed by atoms with Gasteiger partial charge in [0.25, 0.3) is 5.91 Å². The molecule has 106 valence electrons. The zero-order valence-electron chi connectivity index (χ0n) is 11.6. The van der Waals surface area contributed by atoms with Crippen LogP contribution in [0.1, 0.15) is 42.6 Å². The first-order valence-corrected chi connectivity index (χ1v) is 7.15. The first-order valence-electron chi connectivity index (χ1n) is 6.34. The van der Waals surface area contributed by atoms with E-state index in [1.54, 1.807) is 12.1 Å². The Morgan fingerprint density at radius 3 is 2.70 bits per heavy atom. The summed E-state index contributed by atoms with van der Waals surface area (Å²) < 4.78 is 13.5. The molecular weight excluding hydrogens is 277 g/mol. The van der Waals surface area contributed by atoms with Crippen molar-refractivity contribution in [2.75, 3.05) is 5.32 Å². The van der Waals surface area contributed by atoms with Crippen molar-refractivity contribution in [3.63, 3.8) is 0 Å². The maximum absolute atomic E-state index is 13.5. The average Bonchev–Trinajstić information content (AvgIpc) is 2.88. The number of hydrogen-bond donors (Lipinski definition) is 1. The minimum atomic E-state index is -0.552. The number of amides is 1. The molecule has 4 nitrogen and oxygen atoms in total. The van der Waals surface area contributed by atoms with Crippen LogP contribution in [0, 0.1) is 5.82 Å². The summed E-state index contributed by atoms with van der Waals surface area (Å²) in [5.41, 5.74) is -0.0856. The number of nitrogens with one attached hydrogen (secondary N) is 1. The van der Waals surface area contributed by atoms with Gasteiger partial charge in [-0.1, -0.05) is 44.2 Å². The van der Waals surface area contributed by atoms with E-state index in [-0.39, 0.29) is 11.0 Å². The molecule has 0 saturated carbocycles. The minimum Gasteiger partial charge on any atom is -0.296 e. The lowest BCUT2D eigenvalue weighted by molar-refractivity contribution is 0.102. The first kappa shape index (κ1) is 14.6. The molecule has 0 saturated heterocycles. The summed E-state index contributed by atoms with van der Waals surface area (Å²) in [7, 11) is 0. The molecule has 0 aliphatic heterocycles. The zero-order valence-corrected chi connectivity index (χ0v) is 12.4. The highest BCUT2D eigenvalue weighted by atomic mass is 32.1. The van der Waals surface area contributed by atoms with E-state index in [1.165, 1.54) is 23.5 Å². The molecule has 0 radical (unpaired) electrons. The lowest BCUT2D eigenvalue weighted by Gasteiger charge is -2.17. The predicted octanol–water partition coefficient (Wildman–Crippen LogP) is 3.62. The van der Waals surface area contributed by atoms with Gasteiger partial charge >= 0.3 is 0 Å². The number of benzene rings is 1. The smallest absolute Gasteiger partial charge is 0.260 e. The molecule has 0 aliphatic rings. The van der Waals surface area contributed by atoms with Crippen LogP contribution < -0.4 is 5.32 Å². The Bertz CT molecular complexity index is 624. The molecule has 1 amide bonds. The fourth-order valence-corrected chi connectivity index (χ4v) is 2.42. The van der Waals surface area contributed by atoms with Crippen molar-refractivity contribution in [2.24, 2.45) is 0 Å². The number of anilines is 1. The molecule has 1 heterocycles. The lowest BCUT2D eigenvalue weighted by atomic mass is 9.91. The van der Waals surface area contributed by atoms with E-state index in [4.69, 9.17) is 0 Å². The molecule has 6 heteroatoms. The highest BCUT2D eigenvalue weighted by Gasteiger charge is 2.24. The van der Waals surface area contributed by atoms with Crippen molar-refractivity contribution in [2.45, 2.75) is 32.6 Å². The summed E-state index contributed by atoms with van der Waals surface area (Å²) >= 11 is 1.32. The highest BCUT2D eigenvalue weighted by molar-refractivity contribution is 7.15. The summed E-state index contributed by atoms with van der Waals surface area (Å²) in [6, 6.07) is 5.84. The van der Waals surface area contributed by atoms with E-state index in [0.29, 0.717) is 5.13 Å². The number of aromatic nitrogens is 2. The topological polar surface area (TPSA) is 54.9 Å². The SMILES string of the molecule is CCC(C)(C)c1nnc(NC(=O)c2ccccc2F)s1. The van der Waals surface area contributed by atoms with Crippen molar-refractivity contribution in [3.8, 4) is 0 Å². The van der Waals surface area contributed by atoms with E-state index in [9.17, 15) is 9.18 Å². The number of nitrogens with zero attached hydrogens (tertiary/aromatic N) is 2. The minimum absolute atomic E-state index is 0.000924. The van der Waals surface area contributed by atoms with Crippen molar-refractivity contribution in [3.05, 3.63) is 40.7 Å². The largest absolute Gasteiger partial charge is 0.296 e. The Labute approximate surface area is 121 Å². The molecule has 0 fully saturated rings. The summed E-state index contributed by atoms with van der Waals surface area (Å²) in [6.45, 7) is 6.20. The molecule has 1 N–H and O–H groups in total. The van der Waals surface area contributed by atoms with Crippen molar-refractivity contribution in [1.29, 1.82) is 0 Å². The van der Waals surface area contributed by atoms with Gasteiger partial charge in [-0.3, -0.25) is 10.1 Å². The molecule has 1 aromatic heterocycles. The predicted molar refractivity (Wildman–Crippen MR) is 77.6 cm³/mol. The van der Waals surface area contributed by atoms with Crippen LogP contribution in [-0.2, 0) is 5.41 Å². The maximum atomic E-state index is 13.5. The third kappa shape index (κ3) is 3.01. The van der Waals surface area contributed by atoms with Crippen LogP contribution in [0.3, 0.4) is 0 Å². The van der Waals surface area contributed by atoms with Crippen molar-refractivity contribution < 1.29 is 9.18 Å². The maximum Gasteiger partial charge on any atom is 0.260 e. The standard InChI is InChI=1S/C14H16FN3OS/c1-4-14(2,3)12-17-18-13(20-12)16-11(19)9-7-5-6-8-10(9)15/h5-8H,4H2,1-3H3,(H,16,18,19). The van der Waals surface area contributed by atoms with Crippen LogP contribution in [0.4, 0.5) is 9.52 Å². The van der Waals surface area contributed by atoms with E-state index < -0.39 is 11.7 Å². The summed E-state index contributed by atoms with van der Waals surface area (Å²) in [5, 5.41) is 11.8. The summed E-state index contributed by atoms with van der Waals surface area (Å²) in [5.74, 6) is -1.07. The number of carbonyl (C=O) groups excluding carboxylic acids is 1. The molecular formula is C14H16FN3OS. The van der Waals surface area contributed by atoms with Crippen LogP contribution in [0.5, 0.6) is 0 Å². The van der Waals surface area contributed by atoms with Gasteiger partial charge < -0.3 is 0 Å². The van der Waals surface area contributed by atoms with Gasteiger partial charge in [0.2, 0.25) is 5.13 Å². The first-order chi connectivity index (χ1) is 9.44. The number of hydrogen-bond acceptors (Lipinski definition) is 4. The van der Waals surface area contributed by atoms with Crippen LogP contribution in [-0.4, -0.2) is 16.1 Å². The fraction of sp³-hybridized carbons (Fsp3) is 0.357. The zero-order chi connectivity index (χ0) is 14.8. The van der Waals surface area contributed by atoms with Gasteiger partial charge in [-0.2, -0.15) is 0 Å². The lowest BCUT2D eigenvalue weighted by Crippen LogP contribution is -2.14. The second-order valence-corrected chi connectivity index (χ2v) is 6.06. The number of halogens is 1. The van der Waals surface area contributed by atoms with Crippen molar-refractivity contribution in [1.82, 2.24) is 10.2 Å². The molecule has 0 aliphatic carbocycles. The fourth-order valence-electron chi connectivity index (χ4n) is 1.51. The Kier molecular flexibility index (Phi) is 4.13. The van der Waals surface area contributed by atoms with Crippen molar-refractivity contribution >= 4 is 22.4 Å². The molecule has 0 atom stereocenters. The molecule has 20 heavy (non-hydrogen) atoms. The third-order valence-electron chi connectivity index (χ3n) is 3.23. The quantitative estimate of drug-likeness (QED) is 0.936. The molecule has 0 unspecified atom stereocenters. The number of rotatable bonds is 4. The Morgan fingerprint density at radius 2 is 2.05 bits per heavy atom. The highest BCUT2D eigenvalue weighted by Crippen LogP contribution is 2.31. The average molecular weight is 293 g/mol. The van der Waals surface area contributed by atoms with E-state index in [1.807, 2.05) is 0 Å². The normalized spacial score (nSPS) is 11.4. The van der Waals surface area contributed by atoms with E-state index in [0.717, 1.165) is 11.4 Å². The van der Waals surface area contributed by atoms with Gasteiger partial charge in [0.05, 0.1) is 5.56 Å². The Balaban J connectivity index is 2.16. The van der Waals surface area contributed by atoms with Crippen LogP contribution in [0.15, 0.2) is 24.3 Å². The second kappa shape index (κ2) is 5.66. The van der Waals surface area contributed by atoms with E-state index >= 15 is 0 Å². The van der Waals surface area contributed by atoms with Gasteiger partial charge in [0, 0.05) is 5.41 Å². The summed E-state index contributed by atoms with van der Waals surface area (Å²) in [4.78, 5) is 12.0. The molecule has 2 rings (SSSR count). The monoisotopic (exact) mass is 293 g/mol. The van der Waals surface area contributed by atoms with Gasteiger partial charge in [-0.25, -0.2) is 4.39 Å². The van der Waals surface area contributed by atoms with Gasteiger partial charge in [0.15, 0.2) is 0 Å². The summed E-state index contributed by atoms with van der Waals surface area (Å²) in [6.07, 6.45) is 0.920. The molecule has 0 spiro atoms. The molecule has 1 aromatic carbocycles. The van der Waals surface area contributed by atoms with Gasteiger partial charge in [0.1, 0.15) is 10.8 Å². The van der Waals surface area contributed by atoms with Crippen LogP contribution in [0.2, 0.25) is 0 Å². The number of carbonyl (C=O) groups is 1. The third-order valence-corrected chi connectivity index (χ3v) is 4.43. The second-order valence-electron chi connectivity index (χ2n) is 5.08. The van der Waals surface area contributed by atoms with E-state index in [2.05, 4.69) is 36.3 Å². The Hall–Kier alpha value is -1.82. The van der Waals surface area contributed by atoms with Gasteiger partial charge in [-0.05, 0) is 18.6 Å². The van der Waals surface area contributed by atoms with Crippen LogP contribution in [0.25, 0.3) is 0 Å². The van der Waals surface area contributed by atoms with Gasteiger partial charge in [-0.15, -0.1) is 10.2 Å². The molecule has 2 aromatic rings.